The van der Waals surface area contributed by atoms with Crippen LogP contribution in [0.15, 0.2) is 35.1 Å². The molecule has 18 heavy (non-hydrogen) atoms. The van der Waals surface area contributed by atoms with Crippen molar-refractivity contribution in [3.05, 3.63) is 36.4 Å². The molecule has 5 heteroatoms. The minimum atomic E-state index is -0.506. The lowest BCUT2D eigenvalue weighted by molar-refractivity contribution is 0.0595. The molecule has 0 bridgehead atoms. The predicted octanol–water partition coefficient (Wildman–Crippen LogP) is 2.19. The van der Waals surface area contributed by atoms with Gasteiger partial charge in [-0.3, -0.25) is 0 Å². The Kier molecular flexibility index (Phi) is 3.32. The van der Waals surface area contributed by atoms with E-state index in [1.807, 2.05) is 43.3 Å². The SMILES string of the molecule is COC(=O)c1ncoc1-c1cccc(N(C)C)c1. The Morgan fingerprint density at radius 1 is 1.39 bits per heavy atom. The van der Waals surface area contributed by atoms with Gasteiger partial charge in [-0.1, -0.05) is 12.1 Å². The molecule has 1 heterocycles. The largest absolute Gasteiger partial charge is 0.464 e. The zero-order chi connectivity index (χ0) is 13.1. The molecule has 1 aromatic heterocycles. The lowest BCUT2D eigenvalue weighted by Crippen LogP contribution is -2.08. The van der Waals surface area contributed by atoms with Crippen molar-refractivity contribution >= 4 is 11.7 Å². The van der Waals surface area contributed by atoms with Gasteiger partial charge >= 0.3 is 5.97 Å². The predicted molar refractivity (Wildman–Crippen MR) is 67.6 cm³/mol. The maximum absolute atomic E-state index is 11.5. The second-order valence-corrected chi connectivity index (χ2v) is 3.97. The fourth-order valence-corrected chi connectivity index (χ4v) is 1.62. The van der Waals surface area contributed by atoms with Crippen molar-refractivity contribution in [3.63, 3.8) is 0 Å². The lowest BCUT2D eigenvalue weighted by atomic mass is 10.1. The molecule has 0 saturated heterocycles. The molecule has 0 atom stereocenters. The molecular formula is C13H14N2O3. The smallest absolute Gasteiger partial charge is 0.360 e. The van der Waals surface area contributed by atoms with E-state index in [9.17, 15) is 4.79 Å². The number of oxazole rings is 1. The van der Waals surface area contributed by atoms with Gasteiger partial charge < -0.3 is 14.1 Å². The highest BCUT2D eigenvalue weighted by Crippen LogP contribution is 2.26. The number of carbonyl (C=O) groups is 1. The molecule has 5 nitrogen and oxygen atoms in total. The fraction of sp³-hybridized carbons (Fsp3) is 0.231. The average Bonchev–Trinajstić information content (AvgIpc) is 2.87. The maximum Gasteiger partial charge on any atom is 0.360 e. The molecule has 0 amide bonds. The summed E-state index contributed by atoms with van der Waals surface area (Å²) in [5, 5.41) is 0. The molecule has 0 radical (unpaired) electrons. The van der Waals surface area contributed by atoms with E-state index in [2.05, 4.69) is 9.72 Å². The van der Waals surface area contributed by atoms with Crippen LogP contribution in [0.1, 0.15) is 10.5 Å². The van der Waals surface area contributed by atoms with Crippen LogP contribution in [0.4, 0.5) is 5.69 Å². The summed E-state index contributed by atoms with van der Waals surface area (Å²) in [6.45, 7) is 0. The Labute approximate surface area is 105 Å². The van der Waals surface area contributed by atoms with E-state index in [1.165, 1.54) is 13.5 Å². The number of hydrogen-bond donors (Lipinski definition) is 0. The van der Waals surface area contributed by atoms with Crippen molar-refractivity contribution in [1.82, 2.24) is 4.98 Å². The summed E-state index contributed by atoms with van der Waals surface area (Å²) < 4.78 is 9.94. The third kappa shape index (κ3) is 2.20. The second kappa shape index (κ2) is 4.91. The topological polar surface area (TPSA) is 55.6 Å². The molecule has 0 N–H and O–H groups in total. The van der Waals surface area contributed by atoms with Crippen molar-refractivity contribution < 1.29 is 13.9 Å². The molecule has 0 fully saturated rings. The number of benzene rings is 1. The van der Waals surface area contributed by atoms with E-state index in [0.717, 1.165) is 11.3 Å². The lowest BCUT2D eigenvalue weighted by Gasteiger charge is -2.12. The van der Waals surface area contributed by atoms with Crippen LogP contribution in [0.2, 0.25) is 0 Å². The summed E-state index contributed by atoms with van der Waals surface area (Å²) in [5.41, 5.74) is 1.99. The van der Waals surface area contributed by atoms with Crippen molar-refractivity contribution in [2.24, 2.45) is 0 Å². The van der Waals surface area contributed by atoms with Crippen molar-refractivity contribution in [3.8, 4) is 11.3 Å². The van der Waals surface area contributed by atoms with Gasteiger partial charge in [0.25, 0.3) is 0 Å². The van der Waals surface area contributed by atoms with Crippen LogP contribution >= 0.6 is 0 Å². The summed E-state index contributed by atoms with van der Waals surface area (Å²) in [6.07, 6.45) is 1.24. The number of anilines is 1. The highest BCUT2D eigenvalue weighted by molar-refractivity contribution is 5.93. The normalized spacial score (nSPS) is 10.2. The first-order valence-corrected chi connectivity index (χ1v) is 5.43. The average molecular weight is 246 g/mol. The Morgan fingerprint density at radius 2 is 2.17 bits per heavy atom. The van der Waals surface area contributed by atoms with Crippen molar-refractivity contribution in [2.45, 2.75) is 0 Å². The zero-order valence-electron chi connectivity index (χ0n) is 10.5. The van der Waals surface area contributed by atoms with Crippen LogP contribution in [-0.2, 0) is 4.74 Å². The molecule has 0 saturated carbocycles. The first kappa shape index (κ1) is 12.2. The van der Waals surface area contributed by atoms with Gasteiger partial charge in [0.15, 0.2) is 17.8 Å². The Bertz CT molecular complexity index is 561. The van der Waals surface area contributed by atoms with Crippen LogP contribution in [0.25, 0.3) is 11.3 Å². The number of methoxy groups -OCH3 is 1. The van der Waals surface area contributed by atoms with Crippen molar-refractivity contribution in [1.29, 1.82) is 0 Å². The standard InChI is InChI=1S/C13H14N2O3/c1-15(2)10-6-4-5-9(7-10)12-11(13(16)17-3)14-8-18-12/h4-8H,1-3H3. The van der Waals surface area contributed by atoms with Gasteiger partial charge in [-0.2, -0.15) is 0 Å². The molecule has 1 aromatic carbocycles. The Hall–Kier alpha value is -2.30. The number of esters is 1. The monoisotopic (exact) mass is 246 g/mol. The highest BCUT2D eigenvalue weighted by Gasteiger charge is 2.18. The van der Waals surface area contributed by atoms with Gasteiger partial charge in [0.05, 0.1) is 7.11 Å². The third-order valence-electron chi connectivity index (χ3n) is 2.57. The number of nitrogens with zero attached hydrogens (tertiary/aromatic N) is 2. The zero-order valence-corrected chi connectivity index (χ0v) is 10.5. The summed E-state index contributed by atoms with van der Waals surface area (Å²) in [7, 11) is 5.21. The second-order valence-electron chi connectivity index (χ2n) is 3.97. The third-order valence-corrected chi connectivity index (χ3v) is 2.57. The molecular weight excluding hydrogens is 232 g/mol. The summed E-state index contributed by atoms with van der Waals surface area (Å²) >= 11 is 0. The molecule has 0 aliphatic rings. The van der Waals surface area contributed by atoms with Gasteiger partial charge in [-0.15, -0.1) is 0 Å². The number of aromatic nitrogens is 1. The van der Waals surface area contributed by atoms with E-state index >= 15 is 0 Å². The van der Waals surface area contributed by atoms with E-state index in [4.69, 9.17) is 4.42 Å². The van der Waals surface area contributed by atoms with Gasteiger partial charge in [0, 0.05) is 25.3 Å². The number of ether oxygens (including phenoxy) is 1. The van der Waals surface area contributed by atoms with E-state index in [0.29, 0.717) is 5.76 Å². The van der Waals surface area contributed by atoms with Gasteiger partial charge in [0.1, 0.15) is 0 Å². The van der Waals surface area contributed by atoms with Crippen LogP contribution in [0.3, 0.4) is 0 Å². The first-order valence-electron chi connectivity index (χ1n) is 5.43. The minimum absolute atomic E-state index is 0.188. The fourth-order valence-electron chi connectivity index (χ4n) is 1.62. The Morgan fingerprint density at radius 3 is 2.83 bits per heavy atom. The molecule has 94 valence electrons. The molecule has 2 rings (SSSR count). The van der Waals surface area contributed by atoms with Gasteiger partial charge in [-0.25, -0.2) is 9.78 Å². The number of hydrogen-bond acceptors (Lipinski definition) is 5. The van der Waals surface area contributed by atoms with Crippen LogP contribution < -0.4 is 4.90 Å². The van der Waals surface area contributed by atoms with Crippen molar-refractivity contribution in [2.75, 3.05) is 26.1 Å². The van der Waals surface area contributed by atoms with E-state index in [-0.39, 0.29) is 5.69 Å². The Balaban J connectivity index is 2.46. The minimum Gasteiger partial charge on any atom is -0.464 e. The molecule has 0 aliphatic carbocycles. The van der Waals surface area contributed by atoms with Crippen LogP contribution in [0.5, 0.6) is 0 Å². The molecule has 2 aromatic rings. The highest BCUT2D eigenvalue weighted by atomic mass is 16.5. The summed E-state index contributed by atoms with van der Waals surface area (Å²) in [6, 6.07) is 7.65. The summed E-state index contributed by atoms with van der Waals surface area (Å²) in [5.74, 6) is -0.0837. The van der Waals surface area contributed by atoms with Gasteiger partial charge in [-0.05, 0) is 12.1 Å². The number of carbonyl (C=O) groups excluding carboxylic acids is 1. The van der Waals surface area contributed by atoms with E-state index in [1.54, 1.807) is 0 Å². The van der Waals surface area contributed by atoms with Gasteiger partial charge in [0.2, 0.25) is 0 Å². The van der Waals surface area contributed by atoms with E-state index < -0.39 is 5.97 Å². The molecule has 0 spiro atoms. The quantitative estimate of drug-likeness (QED) is 0.777. The van der Waals surface area contributed by atoms with Crippen LogP contribution in [0, 0.1) is 0 Å². The van der Waals surface area contributed by atoms with Crippen LogP contribution in [-0.4, -0.2) is 32.2 Å². The number of rotatable bonds is 3. The maximum atomic E-state index is 11.5. The summed E-state index contributed by atoms with van der Waals surface area (Å²) in [4.78, 5) is 17.4. The molecule has 0 aliphatic heterocycles. The molecule has 0 unspecified atom stereocenters. The first-order chi connectivity index (χ1) is 8.63.